The summed E-state index contributed by atoms with van der Waals surface area (Å²) in [4.78, 5) is 11.0. The van der Waals surface area contributed by atoms with Crippen LogP contribution in [0.15, 0.2) is 0 Å². The van der Waals surface area contributed by atoms with Gasteiger partial charge in [-0.25, -0.2) is 4.79 Å². The molecule has 2 heterocycles. The van der Waals surface area contributed by atoms with E-state index in [0.717, 1.165) is 7.11 Å². The highest BCUT2D eigenvalue weighted by Crippen LogP contribution is 2.26. The molecule has 0 aromatic carbocycles. The molecule has 41 heavy (non-hydrogen) atoms. The van der Waals surface area contributed by atoms with Crippen molar-refractivity contribution >= 4 is 5.97 Å². The lowest BCUT2D eigenvalue weighted by Crippen LogP contribution is -2.60. The molecule has 0 amide bonds. The molecule has 2 rings (SSSR count). The van der Waals surface area contributed by atoms with Gasteiger partial charge < -0.3 is 84.2 Å². The fraction of sp³-hybridized carbons (Fsp3) is 0.957. The molecule has 18 nitrogen and oxygen atoms in total. The van der Waals surface area contributed by atoms with Crippen LogP contribution in [-0.2, 0) is 38.0 Å². The SMILES string of the molecule is COCC(OC1OCC(OC2OCC(O)C(O)C2O)C(O)C1O)C(O)C(C)OCC(O)C(O)C(OC)C(O)C(=O)O. The third-order valence-corrected chi connectivity index (χ3v) is 6.80. The number of carbonyl (C=O) groups is 1. The standard InChI is InChI=1S/C23H42O18/c1-8(37-4-10(25)15(28)20(36-3)19(32)21(33)34)13(26)11(6-35-2)40-23-18(31)16(29)12(7-39-23)41-22-17(30)14(27)9(24)5-38-22/h8-20,22-32H,4-7H2,1-3H3,(H,33,34). The summed E-state index contributed by atoms with van der Waals surface area (Å²) in [6.07, 6.45) is -23.2. The van der Waals surface area contributed by atoms with Gasteiger partial charge in [-0.15, -0.1) is 0 Å². The van der Waals surface area contributed by atoms with E-state index >= 15 is 0 Å². The average Bonchev–Trinajstić information content (AvgIpc) is 2.94. The zero-order valence-electron chi connectivity index (χ0n) is 22.7. The summed E-state index contributed by atoms with van der Waals surface area (Å²) in [5.41, 5.74) is 0. The number of aliphatic hydroxyl groups is 9. The first-order chi connectivity index (χ1) is 19.2. The fourth-order valence-corrected chi connectivity index (χ4v) is 4.20. The number of ether oxygens (including phenoxy) is 7. The van der Waals surface area contributed by atoms with Crippen LogP contribution in [0, 0.1) is 0 Å². The molecule has 0 aromatic rings. The first-order valence-electron chi connectivity index (χ1n) is 12.8. The second-order valence-corrected chi connectivity index (χ2v) is 9.81. The lowest BCUT2D eigenvalue weighted by molar-refractivity contribution is -0.337. The largest absolute Gasteiger partial charge is 0.479 e. The van der Waals surface area contributed by atoms with E-state index in [1.54, 1.807) is 0 Å². The topological polar surface area (TPSA) is 284 Å². The van der Waals surface area contributed by atoms with Gasteiger partial charge in [0, 0.05) is 14.2 Å². The van der Waals surface area contributed by atoms with Gasteiger partial charge >= 0.3 is 5.97 Å². The summed E-state index contributed by atoms with van der Waals surface area (Å²) in [7, 11) is 2.33. The second kappa shape index (κ2) is 16.6. The number of hydrogen-bond acceptors (Lipinski definition) is 17. The summed E-state index contributed by atoms with van der Waals surface area (Å²) >= 11 is 0. The van der Waals surface area contributed by atoms with Gasteiger partial charge in [-0.3, -0.25) is 0 Å². The summed E-state index contributed by atoms with van der Waals surface area (Å²) in [5.74, 6) is -1.68. The Bertz CT molecular complexity index is 775. The number of methoxy groups -OCH3 is 2. The van der Waals surface area contributed by atoms with Crippen molar-refractivity contribution in [1.82, 2.24) is 0 Å². The van der Waals surface area contributed by atoms with Gasteiger partial charge in [-0.2, -0.15) is 0 Å². The van der Waals surface area contributed by atoms with Crippen molar-refractivity contribution in [2.75, 3.05) is 40.6 Å². The number of carboxylic acid groups (broad SMARTS) is 1. The van der Waals surface area contributed by atoms with Crippen LogP contribution in [0.1, 0.15) is 6.92 Å². The van der Waals surface area contributed by atoms with E-state index in [2.05, 4.69) is 0 Å². The molecule has 0 saturated carbocycles. The monoisotopic (exact) mass is 606 g/mol. The molecular formula is C23H42O18. The summed E-state index contributed by atoms with van der Waals surface area (Å²) in [6.45, 7) is -0.199. The number of aliphatic carboxylic acids is 1. The number of hydrogen-bond donors (Lipinski definition) is 10. The summed E-state index contributed by atoms with van der Waals surface area (Å²) in [5, 5.41) is 100. The molecule has 2 saturated heterocycles. The Morgan fingerprint density at radius 3 is 2.05 bits per heavy atom. The maximum absolute atomic E-state index is 11.0. The fourth-order valence-electron chi connectivity index (χ4n) is 4.20. The van der Waals surface area contributed by atoms with E-state index in [1.165, 1.54) is 14.0 Å². The predicted molar refractivity (Wildman–Crippen MR) is 129 cm³/mol. The predicted octanol–water partition coefficient (Wildman–Crippen LogP) is -6.13. The van der Waals surface area contributed by atoms with E-state index < -0.39 is 105 Å². The molecule has 15 unspecified atom stereocenters. The number of rotatable bonds is 16. The van der Waals surface area contributed by atoms with E-state index in [4.69, 9.17) is 38.3 Å². The van der Waals surface area contributed by atoms with Crippen LogP contribution in [0.25, 0.3) is 0 Å². The highest BCUT2D eigenvalue weighted by molar-refractivity contribution is 5.72. The molecule has 2 aliphatic heterocycles. The Morgan fingerprint density at radius 2 is 1.46 bits per heavy atom. The minimum absolute atomic E-state index is 0.248. The Kier molecular flexibility index (Phi) is 14.6. The molecule has 2 aliphatic rings. The van der Waals surface area contributed by atoms with E-state index in [9.17, 15) is 50.8 Å². The summed E-state index contributed by atoms with van der Waals surface area (Å²) < 4.78 is 36.8. The lowest BCUT2D eigenvalue weighted by atomic mass is 10.0. The van der Waals surface area contributed by atoms with Crippen LogP contribution >= 0.6 is 0 Å². The Balaban J connectivity index is 1.93. The molecule has 18 heteroatoms. The van der Waals surface area contributed by atoms with Crippen molar-refractivity contribution in [3.05, 3.63) is 0 Å². The van der Waals surface area contributed by atoms with Gasteiger partial charge in [-0.05, 0) is 6.92 Å². The minimum atomic E-state index is -2.13. The molecule has 242 valence electrons. The molecule has 2 fully saturated rings. The smallest absolute Gasteiger partial charge is 0.335 e. The first kappa shape index (κ1) is 36.0. The van der Waals surface area contributed by atoms with Crippen molar-refractivity contribution < 1.29 is 89.0 Å². The van der Waals surface area contributed by atoms with Crippen LogP contribution in [0.5, 0.6) is 0 Å². The number of carboxylic acids is 1. The summed E-state index contributed by atoms with van der Waals surface area (Å²) in [6, 6.07) is 0. The van der Waals surface area contributed by atoms with Gasteiger partial charge in [0.05, 0.1) is 32.5 Å². The second-order valence-electron chi connectivity index (χ2n) is 9.81. The Labute approximate surface area is 235 Å². The highest BCUT2D eigenvalue weighted by atomic mass is 16.7. The van der Waals surface area contributed by atoms with E-state index in [0.29, 0.717) is 0 Å². The van der Waals surface area contributed by atoms with Gasteiger partial charge in [0.25, 0.3) is 0 Å². The molecular weight excluding hydrogens is 564 g/mol. The average molecular weight is 607 g/mol. The van der Waals surface area contributed by atoms with Crippen molar-refractivity contribution in [2.45, 2.75) is 98.9 Å². The molecule has 0 aromatic heterocycles. The zero-order chi connectivity index (χ0) is 31.0. The van der Waals surface area contributed by atoms with Gasteiger partial charge in [0.1, 0.15) is 67.1 Å². The third kappa shape index (κ3) is 9.41. The first-order valence-corrected chi connectivity index (χ1v) is 12.8. The van der Waals surface area contributed by atoms with Crippen molar-refractivity contribution in [3.63, 3.8) is 0 Å². The van der Waals surface area contributed by atoms with Crippen molar-refractivity contribution in [1.29, 1.82) is 0 Å². The Hall–Kier alpha value is -1.17. The quantitative estimate of drug-likeness (QED) is 0.0782. The molecule has 0 radical (unpaired) electrons. The van der Waals surface area contributed by atoms with Crippen LogP contribution in [0.3, 0.4) is 0 Å². The van der Waals surface area contributed by atoms with Gasteiger partial charge in [-0.1, -0.05) is 0 Å². The van der Waals surface area contributed by atoms with Crippen molar-refractivity contribution in [2.24, 2.45) is 0 Å². The minimum Gasteiger partial charge on any atom is -0.479 e. The molecule has 10 N–H and O–H groups in total. The van der Waals surface area contributed by atoms with Crippen molar-refractivity contribution in [3.8, 4) is 0 Å². The van der Waals surface area contributed by atoms with Gasteiger partial charge in [0.2, 0.25) is 0 Å². The van der Waals surface area contributed by atoms with Crippen LogP contribution in [-0.4, -0.2) is 190 Å². The van der Waals surface area contributed by atoms with Crippen LogP contribution in [0.4, 0.5) is 0 Å². The molecule has 0 bridgehead atoms. The maximum atomic E-state index is 11.0. The highest BCUT2D eigenvalue weighted by Gasteiger charge is 2.46. The molecule has 15 atom stereocenters. The van der Waals surface area contributed by atoms with Crippen LogP contribution in [0.2, 0.25) is 0 Å². The Morgan fingerprint density at radius 1 is 0.854 bits per heavy atom. The molecule has 0 spiro atoms. The van der Waals surface area contributed by atoms with E-state index in [1.807, 2.05) is 0 Å². The number of aliphatic hydroxyl groups excluding tert-OH is 9. The maximum Gasteiger partial charge on any atom is 0.335 e. The van der Waals surface area contributed by atoms with E-state index in [-0.39, 0.29) is 19.8 Å². The van der Waals surface area contributed by atoms with Gasteiger partial charge in [0.15, 0.2) is 18.7 Å². The third-order valence-electron chi connectivity index (χ3n) is 6.80. The normalized spacial score (nSPS) is 36.1. The molecule has 0 aliphatic carbocycles. The zero-order valence-corrected chi connectivity index (χ0v) is 22.7. The lowest BCUT2D eigenvalue weighted by Gasteiger charge is -2.42. The van der Waals surface area contributed by atoms with Crippen LogP contribution < -0.4 is 0 Å².